The minimum atomic E-state index is -0.311. The Bertz CT molecular complexity index is 416. The van der Waals surface area contributed by atoms with E-state index >= 15 is 0 Å². The summed E-state index contributed by atoms with van der Waals surface area (Å²) in [6.07, 6.45) is 1.65. The fraction of sp³-hybridized carbons (Fsp3) is 0.500. The zero-order chi connectivity index (χ0) is 12.4. The lowest BCUT2D eigenvalue weighted by Crippen LogP contribution is -2.37. The Labute approximate surface area is 98.8 Å². The first kappa shape index (κ1) is 11.4. The van der Waals surface area contributed by atoms with E-state index in [1.165, 1.54) is 7.11 Å². The Hall–Kier alpha value is -2.05. The summed E-state index contributed by atoms with van der Waals surface area (Å²) >= 11 is 0. The summed E-state index contributed by atoms with van der Waals surface area (Å²) in [6.45, 7) is 0.732. The molecule has 1 unspecified atom stereocenters. The molecule has 0 aliphatic carbocycles. The number of hydrogen-bond donors (Lipinski definition) is 2. The maximum absolute atomic E-state index is 11.6. The lowest BCUT2D eigenvalue weighted by atomic mass is 10.2. The van der Waals surface area contributed by atoms with Gasteiger partial charge in [0.1, 0.15) is 17.7 Å². The van der Waals surface area contributed by atoms with Crippen LogP contribution in [0.25, 0.3) is 0 Å². The molecule has 1 fully saturated rings. The number of rotatable bonds is 2. The fourth-order valence-corrected chi connectivity index (χ4v) is 2.04. The molecule has 2 heterocycles. The van der Waals surface area contributed by atoms with Crippen LogP contribution in [0.5, 0.6) is 0 Å². The molecule has 7 heteroatoms. The number of aromatic nitrogens is 2. The summed E-state index contributed by atoms with van der Waals surface area (Å²) in [5, 5.41) is 0. The molecular weight excluding hydrogens is 222 g/mol. The zero-order valence-corrected chi connectivity index (χ0v) is 9.59. The Morgan fingerprint density at radius 3 is 2.94 bits per heavy atom. The normalized spacial score (nSPS) is 19.4. The molecule has 0 bridgehead atoms. The third-order valence-electron chi connectivity index (χ3n) is 2.77. The first-order valence-corrected chi connectivity index (χ1v) is 5.36. The number of nitrogens with two attached hydrogens (primary N) is 2. The van der Waals surface area contributed by atoms with Crippen LogP contribution >= 0.6 is 0 Å². The SMILES string of the molecule is COC(=O)C1CCCN1c1cc(N)nc(N)n1. The maximum Gasteiger partial charge on any atom is 0.328 e. The van der Waals surface area contributed by atoms with Crippen LogP contribution in [0.3, 0.4) is 0 Å². The third kappa shape index (κ3) is 2.22. The molecule has 1 atom stereocenters. The molecule has 2 rings (SSSR count). The highest BCUT2D eigenvalue weighted by Crippen LogP contribution is 2.25. The minimum Gasteiger partial charge on any atom is -0.467 e. The van der Waals surface area contributed by atoms with Crippen molar-refractivity contribution in [1.82, 2.24) is 9.97 Å². The zero-order valence-electron chi connectivity index (χ0n) is 9.59. The standard InChI is InChI=1S/C10H15N5O2/c1-17-9(16)6-3-2-4-15(6)8-5-7(11)13-10(12)14-8/h5-6H,2-4H2,1H3,(H4,11,12,13,14). The van der Waals surface area contributed by atoms with Gasteiger partial charge in [-0.05, 0) is 12.8 Å². The molecule has 0 spiro atoms. The maximum atomic E-state index is 11.6. The number of nitrogen functional groups attached to an aromatic ring is 2. The largest absolute Gasteiger partial charge is 0.467 e. The van der Waals surface area contributed by atoms with Crippen molar-refractivity contribution in [3.63, 3.8) is 0 Å². The summed E-state index contributed by atoms with van der Waals surface area (Å²) in [5.74, 6) is 0.708. The van der Waals surface area contributed by atoms with Gasteiger partial charge in [0.25, 0.3) is 0 Å². The summed E-state index contributed by atoms with van der Waals surface area (Å²) in [4.78, 5) is 21.3. The van der Waals surface area contributed by atoms with Crippen LogP contribution < -0.4 is 16.4 Å². The van der Waals surface area contributed by atoms with Gasteiger partial charge in [-0.2, -0.15) is 9.97 Å². The quantitative estimate of drug-likeness (QED) is 0.685. The van der Waals surface area contributed by atoms with E-state index in [1.807, 2.05) is 4.90 Å². The molecule has 1 aliphatic heterocycles. The molecule has 4 N–H and O–H groups in total. The van der Waals surface area contributed by atoms with Crippen LogP contribution in [0.4, 0.5) is 17.6 Å². The lowest BCUT2D eigenvalue weighted by Gasteiger charge is -2.23. The number of esters is 1. The van der Waals surface area contributed by atoms with E-state index in [9.17, 15) is 4.79 Å². The summed E-state index contributed by atoms with van der Waals surface area (Å²) in [5.41, 5.74) is 11.1. The molecule has 17 heavy (non-hydrogen) atoms. The van der Waals surface area contributed by atoms with E-state index in [2.05, 4.69) is 9.97 Å². The van der Waals surface area contributed by atoms with Gasteiger partial charge in [-0.15, -0.1) is 0 Å². The highest BCUT2D eigenvalue weighted by molar-refractivity contribution is 5.80. The number of methoxy groups -OCH3 is 1. The van der Waals surface area contributed by atoms with Crippen LogP contribution in [0.2, 0.25) is 0 Å². The molecule has 1 aromatic rings. The highest BCUT2D eigenvalue weighted by Gasteiger charge is 2.32. The lowest BCUT2D eigenvalue weighted by molar-refractivity contribution is -0.141. The molecule has 0 amide bonds. The predicted molar refractivity (Wildman–Crippen MR) is 63.2 cm³/mol. The van der Waals surface area contributed by atoms with E-state index in [4.69, 9.17) is 16.2 Å². The molecule has 0 radical (unpaired) electrons. The van der Waals surface area contributed by atoms with Gasteiger partial charge in [-0.25, -0.2) is 4.79 Å². The number of carbonyl (C=O) groups is 1. The van der Waals surface area contributed by atoms with Gasteiger partial charge in [0.15, 0.2) is 0 Å². The molecule has 0 saturated carbocycles. The molecule has 92 valence electrons. The average Bonchev–Trinajstić information content (AvgIpc) is 2.75. The van der Waals surface area contributed by atoms with Crippen molar-refractivity contribution in [3.8, 4) is 0 Å². The van der Waals surface area contributed by atoms with Gasteiger partial charge in [0.05, 0.1) is 7.11 Å². The van der Waals surface area contributed by atoms with E-state index < -0.39 is 0 Å². The van der Waals surface area contributed by atoms with Crippen molar-refractivity contribution in [3.05, 3.63) is 6.07 Å². The number of anilines is 3. The van der Waals surface area contributed by atoms with Crippen molar-refractivity contribution >= 4 is 23.6 Å². The second-order valence-electron chi connectivity index (χ2n) is 3.88. The number of carbonyl (C=O) groups excluding carboxylic acids is 1. The highest BCUT2D eigenvalue weighted by atomic mass is 16.5. The third-order valence-corrected chi connectivity index (χ3v) is 2.77. The van der Waals surface area contributed by atoms with Crippen LogP contribution in [0, 0.1) is 0 Å². The molecule has 7 nitrogen and oxygen atoms in total. The summed E-state index contributed by atoms with van der Waals surface area (Å²) in [6, 6.07) is 1.30. The smallest absolute Gasteiger partial charge is 0.328 e. The second-order valence-corrected chi connectivity index (χ2v) is 3.88. The van der Waals surface area contributed by atoms with Crippen molar-refractivity contribution < 1.29 is 9.53 Å². The summed E-state index contributed by atoms with van der Waals surface area (Å²) < 4.78 is 4.76. The predicted octanol–water partition coefficient (Wildman–Crippen LogP) is -0.217. The minimum absolute atomic E-state index is 0.107. The van der Waals surface area contributed by atoms with Gasteiger partial charge in [-0.1, -0.05) is 0 Å². The van der Waals surface area contributed by atoms with Crippen LogP contribution in [-0.2, 0) is 9.53 Å². The van der Waals surface area contributed by atoms with Crippen molar-refractivity contribution in [2.75, 3.05) is 30.0 Å². The fourth-order valence-electron chi connectivity index (χ4n) is 2.04. The topological polar surface area (TPSA) is 107 Å². The molecule has 0 aromatic carbocycles. The van der Waals surface area contributed by atoms with Gasteiger partial charge in [-0.3, -0.25) is 0 Å². The van der Waals surface area contributed by atoms with E-state index in [0.29, 0.717) is 11.6 Å². The number of hydrogen-bond acceptors (Lipinski definition) is 7. The van der Waals surface area contributed by atoms with E-state index in [0.717, 1.165) is 19.4 Å². The van der Waals surface area contributed by atoms with Crippen LogP contribution in [0.1, 0.15) is 12.8 Å². The number of ether oxygens (including phenoxy) is 1. The van der Waals surface area contributed by atoms with Crippen molar-refractivity contribution in [1.29, 1.82) is 0 Å². The van der Waals surface area contributed by atoms with Gasteiger partial charge < -0.3 is 21.1 Å². The van der Waals surface area contributed by atoms with Crippen molar-refractivity contribution in [2.45, 2.75) is 18.9 Å². The van der Waals surface area contributed by atoms with Crippen molar-refractivity contribution in [2.24, 2.45) is 0 Å². The van der Waals surface area contributed by atoms with E-state index in [-0.39, 0.29) is 18.0 Å². The first-order chi connectivity index (χ1) is 8.11. The molecule has 1 saturated heterocycles. The van der Waals surface area contributed by atoms with E-state index in [1.54, 1.807) is 6.07 Å². The Balaban J connectivity index is 2.28. The molecular formula is C10H15N5O2. The van der Waals surface area contributed by atoms with Crippen LogP contribution in [0.15, 0.2) is 6.07 Å². The van der Waals surface area contributed by atoms with Gasteiger partial charge >= 0.3 is 5.97 Å². The molecule has 1 aliphatic rings. The van der Waals surface area contributed by atoms with Crippen LogP contribution in [-0.4, -0.2) is 35.6 Å². The first-order valence-electron chi connectivity index (χ1n) is 5.36. The second kappa shape index (κ2) is 4.44. The Morgan fingerprint density at radius 1 is 1.53 bits per heavy atom. The average molecular weight is 237 g/mol. The molecule has 1 aromatic heterocycles. The van der Waals surface area contributed by atoms with Gasteiger partial charge in [0.2, 0.25) is 5.95 Å². The monoisotopic (exact) mass is 237 g/mol. The summed E-state index contributed by atoms with van der Waals surface area (Å²) in [7, 11) is 1.38. The van der Waals surface area contributed by atoms with Gasteiger partial charge in [0, 0.05) is 12.6 Å². The Morgan fingerprint density at radius 2 is 2.29 bits per heavy atom. The number of nitrogens with zero attached hydrogens (tertiary/aromatic N) is 3. The Kier molecular flexibility index (Phi) is 2.99.